The lowest BCUT2D eigenvalue weighted by molar-refractivity contribution is 0.0695. The molecule has 0 saturated heterocycles. The van der Waals surface area contributed by atoms with E-state index in [-0.39, 0.29) is 5.91 Å². The Bertz CT molecular complexity index is 394. The van der Waals surface area contributed by atoms with Crippen LogP contribution in [0, 0.1) is 6.92 Å². The minimum absolute atomic E-state index is 0.176. The van der Waals surface area contributed by atoms with Gasteiger partial charge in [0.25, 0.3) is 5.91 Å². The van der Waals surface area contributed by atoms with Crippen molar-refractivity contribution in [1.29, 1.82) is 0 Å². The van der Waals surface area contributed by atoms with Crippen LogP contribution in [0.3, 0.4) is 0 Å². The summed E-state index contributed by atoms with van der Waals surface area (Å²) < 4.78 is 0. The minimum Gasteiger partial charge on any atom is -0.339 e. The van der Waals surface area contributed by atoms with E-state index >= 15 is 0 Å². The molecule has 2 rings (SSSR count). The van der Waals surface area contributed by atoms with Gasteiger partial charge in [-0.25, -0.2) is 0 Å². The van der Waals surface area contributed by atoms with E-state index in [2.05, 4.69) is 0 Å². The van der Waals surface area contributed by atoms with Gasteiger partial charge in [-0.2, -0.15) is 0 Å². The molecule has 1 aromatic rings. The van der Waals surface area contributed by atoms with Crippen molar-refractivity contribution in [3.05, 3.63) is 35.4 Å². The highest BCUT2D eigenvalue weighted by molar-refractivity contribution is 5.95. The Balaban J connectivity index is 2.11. The van der Waals surface area contributed by atoms with E-state index in [1.807, 2.05) is 43.1 Å². The van der Waals surface area contributed by atoms with Gasteiger partial charge in [0.2, 0.25) is 0 Å². The molecule has 1 aromatic carbocycles. The van der Waals surface area contributed by atoms with E-state index in [9.17, 15) is 4.79 Å². The standard InChI is InChI=1S/C15H21NO/c1-12-8-6-7-11-14(12)15(17)16(2)13-9-4-3-5-10-13/h6-8,11,13H,3-5,9-10H2,1-2H3. The zero-order chi connectivity index (χ0) is 12.3. The summed E-state index contributed by atoms with van der Waals surface area (Å²) in [5.41, 5.74) is 1.92. The predicted molar refractivity (Wildman–Crippen MR) is 70.1 cm³/mol. The Morgan fingerprint density at radius 2 is 1.82 bits per heavy atom. The third kappa shape index (κ3) is 2.68. The van der Waals surface area contributed by atoms with Gasteiger partial charge >= 0.3 is 0 Å². The van der Waals surface area contributed by atoms with Crippen molar-refractivity contribution in [1.82, 2.24) is 4.90 Å². The van der Waals surface area contributed by atoms with Crippen molar-refractivity contribution in [3.8, 4) is 0 Å². The predicted octanol–water partition coefficient (Wildman–Crippen LogP) is 3.40. The summed E-state index contributed by atoms with van der Waals surface area (Å²) in [6.45, 7) is 2.00. The second-order valence-corrected chi connectivity index (χ2v) is 5.02. The number of carbonyl (C=O) groups excluding carboxylic acids is 1. The van der Waals surface area contributed by atoms with Gasteiger partial charge in [-0.1, -0.05) is 37.5 Å². The summed E-state index contributed by atoms with van der Waals surface area (Å²) in [5, 5.41) is 0. The first-order chi connectivity index (χ1) is 8.20. The van der Waals surface area contributed by atoms with E-state index in [1.165, 1.54) is 19.3 Å². The van der Waals surface area contributed by atoms with Crippen molar-refractivity contribution in [2.45, 2.75) is 45.1 Å². The van der Waals surface area contributed by atoms with Crippen molar-refractivity contribution < 1.29 is 4.79 Å². The highest BCUT2D eigenvalue weighted by Crippen LogP contribution is 2.23. The van der Waals surface area contributed by atoms with Crippen molar-refractivity contribution in [2.24, 2.45) is 0 Å². The average Bonchev–Trinajstić information content (AvgIpc) is 2.39. The molecule has 1 amide bonds. The summed E-state index contributed by atoms with van der Waals surface area (Å²) in [7, 11) is 1.95. The maximum atomic E-state index is 12.4. The van der Waals surface area contributed by atoms with E-state index in [1.54, 1.807) is 0 Å². The van der Waals surface area contributed by atoms with Gasteiger partial charge in [0.05, 0.1) is 0 Å². The fraction of sp³-hybridized carbons (Fsp3) is 0.533. The molecule has 1 aliphatic carbocycles. The summed E-state index contributed by atoms with van der Waals surface area (Å²) in [5.74, 6) is 0.176. The third-order valence-electron chi connectivity index (χ3n) is 3.82. The normalized spacial score (nSPS) is 16.8. The zero-order valence-corrected chi connectivity index (χ0v) is 10.8. The number of benzene rings is 1. The minimum atomic E-state index is 0.176. The average molecular weight is 231 g/mol. The van der Waals surface area contributed by atoms with Crippen LogP contribution in [0.25, 0.3) is 0 Å². The fourth-order valence-electron chi connectivity index (χ4n) is 2.64. The largest absolute Gasteiger partial charge is 0.339 e. The topological polar surface area (TPSA) is 20.3 Å². The maximum Gasteiger partial charge on any atom is 0.254 e. The molecule has 2 heteroatoms. The molecule has 0 heterocycles. The van der Waals surface area contributed by atoms with Crippen molar-refractivity contribution in [3.63, 3.8) is 0 Å². The Labute approximate surface area is 104 Å². The Kier molecular flexibility index (Phi) is 3.82. The number of aryl methyl sites for hydroxylation is 1. The molecular formula is C15H21NO. The molecule has 0 spiro atoms. The summed E-state index contributed by atoms with van der Waals surface area (Å²) in [6.07, 6.45) is 6.16. The molecule has 0 unspecified atom stereocenters. The Morgan fingerprint density at radius 3 is 2.47 bits per heavy atom. The SMILES string of the molecule is Cc1ccccc1C(=O)N(C)C1CCCCC1. The van der Waals surface area contributed by atoms with E-state index in [0.29, 0.717) is 6.04 Å². The highest BCUT2D eigenvalue weighted by Gasteiger charge is 2.23. The molecule has 1 aliphatic rings. The monoisotopic (exact) mass is 231 g/mol. The number of carbonyl (C=O) groups is 1. The number of rotatable bonds is 2. The van der Waals surface area contributed by atoms with E-state index in [0.717, 1.165) is 24.0 Å². The van der Waals surface area contributed by atoms with E-state index < -0.39 is 0 Å². The van der Waals surface area contributed by atoms with Crippen LogP contribution in [0.5, 0.6) is 0 Å². The maximum absolute atomic E-state index is 12.4. The molecule has 17 heavy (non-hydrogen) atoms. The molecule has 0 bridgehead atoms. The van der Waals surface area contributed by atoms with Crippen LogP contribution in [0.4, 0.5) is 0 Å². The molecule has 92 valence electrons. The fourth-order valence-corrected chi connectivity index (χ4v) is 2.64. The van der Waals surface area contributed by atoms with Crippen LogP contribution in [0.1, 0.15) is 48.0 Å². The first kappa shape index (κ1) is 12.2. The molecular weight excluding hydrogens is 210 g/mol. The van der Waals surface area contributed by atoms with Crippen LogP contribution in [0.15, 0.2) is 24.3 Å². The number of nitrogens with zero attached hydrogens (tertiary/aromatic N) is 1. The molecule has 2 nitrogen and oxygen atoms in total. The molecule has 1 saturated carbocycles. The zero-order valence-electron chi connectivity index (χ0n) is 10.8. The van der Waals surface area contributed by atoms with Gasteiger partial charge in [0, 0.05) is 18.7 Å². The molecule has 0 aromatic heterocycles. The lowest BCUT2D eigenvalue weighted by Crippen LogP contribution is -2.38. The number of amides is 1. The van der Waals surface area contributed by atoms with Gasteiger partial charge < -0.3 is 4.90 Å². The first-order valence-corrected chi connectivity index (χ1v) is 6.53. The molecule has 0 aliphatic heterocycles. The second-order valence-electron chi connectivity index (χ2n) is 5.02. The van der Waals surface area contributed by atoms with Crippen molar-refractivity contribution >= 4 is 5.91 Å². The van der Waals surface area contributed by atoms with Crippen LogP contribution >= 0.6 is 0 Å². The third-order valence-corrected chi connectivity index (χ3v) is 3.82. The summed E-state index contributed by atoms with van der Waals surface area (Å²) in [6, 6.07) is 8.29. The molecule has 1 fully saturated rings. The van der Waals surface area contributed by atoms with Gasteiger partial charge in [-0.15, -0.1) is 0 Å². The molecule has 0 N–H and O–H groups in total. The van der Waals surface area contributed by atoms with Gasteiger partial charge in [0.15, 0.2) is 0 Å². The second kappa shape index (κ2) is 5.35. The van der Waals surface area contributed by atoms with Gasteiger partial charge in [0.1, 0.15) is 0 Å². The first-order valence-electron chi connectivity index (χ1n) is 6.53. The van der Waals surface area contributed by atoms with Gasteiger partial charge in [-0.05, 0) is 31.4 Å². The molecule has 0 atom stereocenters. The highest BCUT2D eigenvalue weighted by atomic mass is 16.2. The van der Waals surface area contributed by atoms with Crippen LogP contribution in [0.2, 0.25) is 0 Å². The number of hydrogen-bond acceptors (Lipinski definition) is 1. The Hall–Kier alpha value is -1.31. The number of hydrogen-bond donors (Lipinski definition) is 0. The smallest absolute Gasteiger partial charge is 0.254 e. The van der Waals surface area contributed by atoms with Gasteiger partial charge in [-0.3, -0.25) is 4.79 Å². The Morgan fingerprint density at radius 1 is 1.18 bits per heavy atom. The molecule has 0 radical (unpaired) electrons. The summed E-state index contributed by atoms with van der Waals surface area (Å²) >= 11 is 0. The lowest BCUT2D eigenvalue weighted by atomic mass is 9.94. The quantitative estimate of drug-likeness (QED) is 0.764. The van der Waals surface area contributed by atoms with E-state index in [4.69, 9.17) is 0 Å². The summed E-state index contributed by atoms with van der Waals surface area (Å²) in [4.78, 5) is 14.3. The van der Waals surface area contributed by atoms with Crippen LogP contribution < -0.4 is 0 Å². The van der Waals surface area contributed by atoms with Crippen molar-refractivity contribution in [2.75, 3.05) is 7.05 Å². The lowest BCUT2D eigenvalue weighted by Gasteiger charge is -2.31. The van der Waals surface area contributed by atoms with Crippen LogP contribution in [-0.4, -0.2) is 23.9 Å². The van der Waals surface area contributed by atoms with Crippen LogP contribution in [-0.2, 0) is 0 Å².